The molecule has 0 amide bonds. The molecule has 1 aliphatic carbocycles. The molecule has 3 rings (SSSR count). The molecule has 0 saturated heterocycles. The Kier molecular flexibility index (Phi) is 2.65. The zero-order valence-electron chi connectivity index (χ0n) is 9.86. The van der Waals surface area contributed by atoms with Gasteiger partial charge in [0.25, 0.3) is 0 Å². The van der Waals surface area contributed by atoms with Crippen molar-refractivity contribution >= 4 is 0 Å². The summed E-state index contributed by atoms with van der Waals surface area (Å²) < 4.78 is 5.59. The lowest BCUT2D eigenvalue weighted by atomic mass is 10.1. The van der Waals surface area contributed by atoms with E-state index in [1.165, 1.54) is 30.4 Å². The summed E-state index contributed by atoms with van der Waals surface area (Å²) in [6.45, 7) is 0.609. The molecule has 0 radical (unpaired) electrons. The van der Waals surface area contributed by atoms with Crippen molar-refractivity contribution in [3.63, 3.8) is 0 Å². The summed E-state index contributed by atoms with van der Waals surface area (Å²) in [5.74, 6) is 1.24. The van der Waals surface area contributed by atoms with Crippen molar-refractivity contribution in [2.45, 2.75) is 25.8 Å². The van der Waals surface area contributed by atoms with E-state index in [1.807, 2.05) is 7.05 Å². The molecule has 0 atom stereocenters. The van der Waals surface area contributed by atoms with Gasteiger partial charge in [0.15, 0.2) is 0 Å². The molecule has 0 fully saturated rings. The first kappa shape index (κ1) is 10.5. The van der Waals surface area contributed by atoms with E-state index in [0.717, 1.165) is 5.56 Å². The summed E-state index contributed by atoms with van der Waals surface area (Å²) in [6, 6.07) is 6.43. The van der Waals surface area contributed by atoms with Crippen LogP contribution in [0, 0.1) is 0 Å². The Morgan fingerprint density at radius 1 is 1.24 bits per heavy atom. The minimum Gasteiger partial charge on any atom is -0.419 e. The first-order chi connectivity index (χ1) is 8.36. The summed E-state index contributed by atoms with van der Waals surface area (Å²) in [7, 11) is 1.86. The fraction of sp³-hybridized carbons (Fsp3) is 0.385. The maximum absolute atomic E-state index is 5.59. The second kappa shape index (κ2) is 4.30. The molecule has 1 aliphatic rings. The zero-order valence-corrected chi connectivity index (χ0v) is 9.86. The minimum absolute atomic E-state index is 0.609. The minimum atomic E-state index is 0.609. The second-order valence-electron chi connectivity index (χ2n) is 4.37. The highest BCUT2D eigenvalue weighted by molar-refractivity contribution is 5.56. The van der Waals surface area contributed by atoms with Crippen molar-refractivity contribution in [1.82, 2.24) is 15.5 Å². The van der Waals surface area contributed by atoms with Crippen LogP contribution in [0.5, 0.6) is 0 Å². The number of nitrogens with zero attached hydrogens (tertiary/aromatic N) is 2. The highest BCUT2D eigenvalue weighted by atomic mass is 16.4. The number of fused-ring (bicyclic) bond motifs is 1. The maximum Gasteiger partial charge on any atom is 0.247 e. The summed E-state index contributed by atoms with van der Waals surface area (Å²) in [4.78, 5) is 0. The van der Waals surface area contributed by atoms with Gasteiger partial charge in [0.05, 0.1) is 6.54 Å². The van der Waals surface area contributed by atoms with Crippen molar-refractivity contribution < 1.29 is 4.42 Å². The summed E-state index contributed by atoms with van der Waals surface area (Å²) in [5, 5.41) is 11.1. The third-order valence-electron chi connectivity index (χ3n) is 3.14. The van der Waals surface area contributed by atoms with Crippen LogP contribution >= 0.6 is 0 Å². The van der Waals surface area contributed by atoms with E-state index in [9.17, 15) is 0 Å². The standard InChI is InChI=1S/C13H15N3O/c1-14-8-12-15-16-13(17-12)11-6-5-9-3-2-4-10(9)7-11/h5-7,14H,2-4,8H2,1H3. The van der Waals surface area contributed by atoms with Crippen molar-refractivity contribution in [1.29, 1.82) is 0 Å². The van der Waals surface area contributed by atoms with Gasteiger partial charge in [0.2, 0.25) is 11.8 Å². The molecular formula is C13H15N3O. The van der Waals surface area contributed by atoms with E-state index in [4.69, 9.17) is 4.42 Å². The van der Waals surface area contributed by atoms with E-state index in [2.05, 4.69) is 33.7 Å². The average Bonchev–Trinajstić information content (AvgIpc) is 2.96. The highest BCUT2D eigenvalue weighted by Gasteiger charge is 2.14. The number of nitrogens with one attached hydrogen (secondary N) is 1. The van der Waals surface area contributed by atoms with Gasteiger partial charge in [-0.25, -0.2) is 0 Å². The third-order valence-corrected chi connectivity index (χ3v) is 3.14. The molecule has 0 spiro atoms. The van der Waals surface area contributed by atoms with E-state index in [1.54, 1.807) is 0 Å². The molecule has 2 aromatic rings. The Morgan fingerprint density at radius 3 is 3.00 bits per heavy atom. The Labute approximate surface area is 100 Å². The molecule has 0 unspecified atom stereocenters. The fourth-order valence-corrected chi connectivity index (χ4v) is 2.30. The number of rotatable bonds is 3. The van der Waals surface area contributed by atoms with Crippen molar-refractivity contribution in [2.75, 3.05) is 7.05 Å². The van der Waals surface area contributed by atoms with Gasteiger partial charge in [0, 0.05) is 5.56 Å². The first-order valence-electron chi connectivity index (χ1n) is 5.96. The summed E-state index contributed by atoms with van der Waals surface area (Å²) in [5.41, 5.74) is 3.92. The van der Waals surface area contributed by atoms with Crippen LogP contribution in [-0.2, 0) is 19.4 Å². The van der Waals surface area contributed by atoms with Gasteiger partial charge in [-0.2, -0.15) is 0 Å². The van der Waals surface area contributed by atoms with Gasteiger partial charge in [-0.3, -0.25) is 0 Å². The number of benzene rings is 1. The van der Waals surface area contributed by atoms with Crippen molar-refractivity contribution in [3.8, 4) is 11.5 Å². The smallest absolute Gasteiger partial charge is 0.247 e. The Balaban J connectivity index is 1.92. The quantitative estimate of drug-likeness (QED) is 0.874. The van der Waals surface area contributed by atoms with Crippen LogP contribution in [0.25, 0.3) is 11.5 Å². The lowest BCUT2D eigenvalue weighted by Crippen LogP contribution is -2.04. The van der Waals surface area contributed by atoms with Crippen LogP contribution in [0.1, 0.15) is 23.4 Å². The molecule has 88 valence electrons. The maximum atomic E-state index is 5.59. The number of aromatic nitrogens is 2. The molecule has 4 heteroatoms. The summed E-state index contributed by atoms with van der Waals surface area (Å²) in [6.07, 6.45) is 3.62. The first-order valence-corrected chi connectivity index (χ1v) is 5.96. The monoisotopic (exact) mass is 229 g/mol. The van der Waals surface area contributed by atoms with Gasteiger partial charge in [0.1, 0.15) is 0 Å². The van der Waals surface area contributed by atoms with Crippen molar-refractivity contribution in [3.05, 3.63) is 35.2 Å². The molecule has 0 aliphatic heterocycles. The molecule has 17 heavy (non-hydrogen) atoms. The SMILES string of the molecule is CNCc1nnc(-c2ccc3c(c2)CCC3)o1. The van der Waals surface area contributed by atoms with Gasteiger partial charge in [-0.1, -0.05) is 6.07 Å². The molecule has 1 aromatic heterocycles. The van der Waals surface area contributed by atoms with Crippen LogP contribution in [0.2, 0.25) is 0 Å². The van der Waals surface area contributed by atoms with E-state index >= 15 is 0 Å². The predicted molar refractivity (Wildman–Crippen MR) is 64.5 cm³/mol. The lowest BCUT2D eigenvalue weighted by molar-refractivity contribution is 0.490. The van der Waals surface area contributed by atoms with Gasteiger partial charge < -0.3 is 9.73 Å². The van der Waals surface area contributed by atoms with Crippen LogP contribution in [0.4, 0.5) is 0 Å². The molecule has 0 saturated carbocycles. The number of hydrogen-bond donors (Lipinski definition) is 1. The molecule has 1 N–H and O–H groups in total. The van der Waals surface area contributed by atoms with E-state index < -0.39 is 0 Å². The molecule has 0 bridgehead atoms. The number of aryl methyl sites for hydroxylation is 2. The van der Waals surface area contributed by atoms with E-state index in [-0.39, 0.29) is 0 Å². The lowest BCUT2D eigenvalue weighted by Gasteiger charge is -2.00. The summed E-state index contributed by atoms with van der Waals surface area (Å²) >= 11 is 0. The van der Waals surface area contributed by atoms with Gasteiger partial charge in [-0.05, 0) is 49.6 Å². The normalized spacial score (nSPS) is 13.9. The Hall–Kier alpha value is -1.68. The largest absolute Gasteiger partial charge is 0.419 e. The Bertz CT molecular complexity index is 533. The molecule has 4 nitrogen and oxygen atoms in total. The van der Waals surface area contributed by atoms with E-state index in [0.29, 0.717) is 18.3 Å². The average molecular weight is 229 g/mol. The number of hydrogen-bond acceptors (Lipinski definition) is 4. The Morgan fingerprint density at radius 2 is 2.12 bits per heavy atom. The molecular weight excluding hydrogens is 214 g/mol. The van der Waals surface area contributed by atoms with Gasteiger partial charge in [-0.15, -0.1) is 10.2 Å². The molecule has 1 aromatic carbocycles. The third kappa shape index (κ3) is 1.96. The molecule has 1 heterocycles. The van der Waals surface area contributed by atoms with Crippen LogP contribution in [-0.4, -0.2) is 17.2 Å². The topological polar surface area (TPSA) is 51.0 Å². The van der Waals surface area contributed by atoms with Crippen LogP contribution in [0.15, 0.2) is 22.6 Å². The van der Waals surface area contributed by atoms with Crippen LogP contribution < -0.4 is 5.32 Å². The van der Waals surface area contributed by atoms with Crippen molar-refractivity contribution in [2.24, 2.45) is 0 Å². The highest BCUT2D eigenvalue weighted by Crippen LogP contribution is 2.27. The second-order valence-corrected chi connectivity index (χ2v) is 4.37. The van der Waals surface area contributed by atoms with Gasteiger partial charge >= 0.3 is 0 Å². The van der Waals surface area contributed by atoms with Crippen LogP contribution in [0.3, 0.4) is 0 Å². The predicted octanol–water partition coefficient (Wildman–Crippen LogP) is 1.94. The zero-order chi connectivity index (χ0) is 11.7. The fourth-order valence-electron chi connectivity index (χ4n) is 2.30.